The Balaban J connectivity index is 2.10. The highest BCUT2D eigenvalue weighted by Crippen LogP contribution is 2.27. The minimum Gasteiger partial charge on any atom is -0.384 e. The molecule has 1 saturated carbocycles. The maximum absolute atomic E-state index is 7.36. The van der Waals surface area contributed by atoms with Crippen molar-refractivity contribution in [2.75, 3.05) is 0 Å². The highest BCUT2D eigenvalue weighted by Gasteiger charge is 2.18. The molecule has 4 nitrogen and oxygen atoms in total. The number of nitrogen functional groups attached to an aromatic ring is 1. The molecule has 76 valence electrons. The smallest absolute Gasteiger partial charge is 0.126 e. The third-order valence-electron chi connectivity index (χ3n) is 2.91. The number of hydrogen-bond acceptors (Lipinski definition) is 2. The quantitative estimate of drug-likeness (QED) is 0.559. The molecule has 4 heteroatoms. The molecule has 1 aromatic heterocycles. The molecule has 0 unspecified atom stereocenters. The fourth-order valence-corrected chi connectivity index (χ4v) is 1.82. The lowest BCUT2D eigenvalue weighted by Gasteiger charge is -2.24. The van der Waals surface area contributed by atoms with Gasteiger partial charge >= 0.3 is 0 Å². The van der Waals surface area contributed by atoms with E-state index in [1.54, 1.807) is 0 Å². The molecule has 0 bridgehead atoms. The Morgan fingerprint density at radius 3 is 2.86 bits per heavy atom. The van der Waals surface area contributed by atoms with E-state index < -0.39 is 0 Å². The molecule has 1 heterocycles. The number of amidine groups is 1. The number of nitrogens with one attached hydrogen (secondary N) is 1. The molecule has 0 atom stereocenters. The average Bonchev–Trinajstić information content (AvgIpc) is 2.39. The summed E-state index contributed by atoms with van der Waals surface area (Å²) in [6.45, 7) is 2.88. The van der Waals surface area contributed by atoms with Crippen molar-refractivity contribution in [3.63, 3.8) is 0 Å². The van der Waals surface area contributed by atoms with E-state index in [4.69, 9.17) is 11.1 Å². The van der Waals surface area contributed by atoms with Crippen LogP contribution in [-0.4, -0.2) is 15.6 Å². The third kappa shape index (κ3) is 1.64. The van der Waals surface area contributed by atoms with Crippen LogP contribution in [-0.2, 0) is 6.54 Å². The van der Waals surface area contributed by atoms with Crippen LogP contribution >= 0.6 is 0 Å². The molecule has 2 rings (SSSR count). The summed E-state index contributed by atoms with van der Waals surface area (Å²) in [6, 6.07) is 0. The van der Waals surface area contributed by atoms with E-state index in [2.05, 4.69) is 5.10 Å². The average molecular weight is 192 g/mol. The number of rotatable bonds is 3. The molecule has 1 aromatic rings. The fraction of sp³-hybridized carbons (Fsp3) is 0.600. The topological polar surface area (TPSA) is 67.7 Å². The third-order valence-corrected chi connectivity index (χ3v) is 2.91. The zero-order valence-electron chi connectivity index (χ0n) is 8.45. The lowest BCUT2D eigenvalue weighted by atomic mass is 9.85. The highest BCUT2D eigenvalue weighted by molar-refractivity contribution is 5.95. The van der Waals surface area contributed by atoms with E-state index in [-0.39, 0.29) is 5.84 Å². The van der Waals surface area contributed by atoms with Gasteiger partial charge in [0.25, 0.3) is 0 Å². The Morgan fingerprint density at radius 1 is 1.71 bits per heavy atom. The SMILES string of the molecule is Cc1nn(CC2CCC2)cc1C(=N)N. The molecule has 0 saturated heterocycles. The van der Waals surface area contributed by atoms with E-state index >= 15 is 0 Å². The van der Waals surface area contributed by atoms with E-state index in [0.29, 0.717) is 0 Å². The summed E-state index contributed by atoms with van der Waals surface area (Å²) in [5, 5.41) is 11.7. The van der Waals surface area contributed by atoms with Gasteiger partial charge in [0.15, 0.2) is 0 Å². The zero-order chi connectivity index (χ0) is 10.1. The second-order valence-corrected chi connectivity index (χ2v) is 4.06. The molecule has 0 aromatic carbocycles. The van der Waals surface area contributed by atoms with Crippen molar-refractivity contribution < 1.29 is 0 Å². The maximum Gasteiger partial charge on any atom is 0.126 e. The fourth-order valence-electron chi connectivity index (χ4n) is 1.82. The van der Waals surface area contributed by atoms with Gasteiger partial charge in [-0.2, -0.15) is 5.10 Å². The minimum absolute atomic E-state index is 0.113. The summed E-state index contributed by atoms with van der Waals surface area (Å²) in [6.07, 6.45) is 5.86. The Kier molecular flexibility index (Phi) is 2.27. The van der Waals surface area contributed by atoms with Crippen LogP contribution in [0.4, 0.5) is 0 Å². The molecule has 1 fully saturated rings. The summed E-state index contributed by atoms with van der Waals surface area (Å²) in [5.41, 5.74) is 7.06. The number of nitrogens with two attached hydrogens (primary N) is 1. The van der Waals surface area contributed by atoms with Crippen molar-refractivity contribution in [3.05, 3.63) is 17.5 Å². The van der Waals surface area contributed by atoms with Crippen molar-refractivity contribution in [1.29, 1.82) is 5.41 Å². The van der Waals surface area contributed by atoms with Gasteiger partial charge < -0.3 is 5.73 Å². The first-order chi connectivity index (χ1) is 6.66. The van der Waals surface area contributed by atoms with Gasteiger partial charge in [-0.3, -0.25) is 10.1 Å². The Morgan fingerprint density at radius 2 is 2.43 bits per heavy atom. The van der Waals surface area contributed by atoms with Gasteiger partial charge in [-0.25, -0.2) is 0 Å². The Bertz CT molecular complexity index is 349. The van der Waals surface area contributed by atoms with Crippen LogP contribution in [0.3, 0.4) is 0 Å². The molecule has 0 radical (unpaired) electrons. The first-order valence-corrected chi connectivity index (χ1v) is 5.05. The predicted molar refractivity (Wildman–Crippen MR) is 55.3 cm³/mol. The molecule has 1 aliphatic rings. The summed E-state index contributed by atoms with van der Waals surface area (Å²) in [5.74, 6) is 0.900. The van der Waals surface area contributed by atoms with E-state index in [0.717, 1.165) is 23.7 Å². The molecule has 14 heavy (non-hydrogen) atoms. The first-order valence-electron chi connectivity index (χ1n) is 5.05. The van der Waals surface area contributed by atoms with Crippen molar-refractivity contribution >= 4 is 5.84 Å². The summed E-state index contributed by atoms with van der Waals surface area (Å²) in [7, 11) is 0. The van der Waals surface area contributed by atoms with Crippen LogP contribution in [0.2, 0.25) is 0 Å². The zero-order valence-corrected chi connectivity index (χ0v) is 8.45. The van der Waals surface area contributed by atoms with E-state index in [1.807, 2.05) is 17.8 Å². The molecule has 3 N–H and O–H groups in total. The largest absolute Gasteiger partial charge is 0.384 e. The molecule has 0 amide bonds. The Labute approximate surface area is 83.6 Å². The van der Waals surface area contributed by atoms with Gasteiger partial charge in [-0.05, 0) is 25.7 Å². The summed E-state index contributed by atoms with van der Waals surface area (Å²) in [4.78, 5) is 0. The highest BCUT2D eigenvalue weighted by atomic mass is 15.3. The van der Waals surface area contributed by atoms with Crippen molar-refractivity contribution in [1.82, 2.24) is 9.78 Å². The second-order valence-electron chi connectivity index (χ2n) is 4.06. The van der Waals surface area contributed by atoms with Gasteiger partial charge in [0.1, 0.15) is 5.84 Å². The number of aryl methyl sites for hydroxylation is 1. The van der Waals surface area contributed by atoms with Gasteiger partial charge in [0.05, 0.1) is 11.3 Å². The maximum atomic E-state index is 7.36. The summed E-state index contributed by atoms with van der Waals surface area (Å²) >= 11 is 0. The van der Waals surface area contributed by atoms with Gasteiger partial charge in [0.2, 0.25) is 0 Å². The lowest BCUT2D eigenvalue weighted by molar-refractivity contribution is 0.266. The van der Waals surface area contributed by atoms with Crippen LogP contribution in [0.15, 0.2) is 6.20 Å². The minimum atomic E-state index is 0.113. The monoisotopic (exact) mass is 192 g/mol. The van der Waals surface area contributed by atoms with Crippen molar-refractivity contribution in [2.45, 2.75) is 32.7 Å². The molecular formula is C10H16N4. The van der Waals surface area contributed by atoms with Crippen molar-refractivity contribution in [3.8, 4) is 0 Å². The number of aromatic nitrogens is 2. The summed E-state index contributed by atoms with van der Waals surface area (Å²) < 4.78 is 1.93. The van der Waals surface area contributed by atoms with Gasteiger partial charge in [-0.15, -0.1) is 0 Å². The van der Waals surface area contributed by atoms with Crippen LogP contribution in [0.1, 0.15) is 30.5 Å². The van der Waals surface area contributed by atoms with Crippen LogP contribution in [0.25, 0.3) is 0 Å². The molecular weight excluding hydrogens is 176 g/mol. The molecule has 1 aliphatic carbocycles. The van der Waals surface area contributed by atoms with Crippen LogP contribution < -0.4 is 5.73 Å². The molecule has 0 aliphatic heterocycles. The van der Waals surface area contributed by atoms with Gasteiger partial charge in [0, 0.05) is 12.7 Å². The van der Waals surface area contributed by atoms with Crippen LogP contribution in [0, 0.1) is 18.3 Å². The standard InChI is InChI=1S/C10H16N4/c1-7-9(10(11)12)6-14(13-7)5-8-3-2-4-8/h6,8H,2-5H2,1H3,(H3,11,12). The number of hydrogen-bond donors (Lipinski definition) is 2. The number of nitrogens with zero attached hydrogens (tertiary/aromatic N) is 2. The molecule has 0 spiro atoms. The predicted octanol–water partition coefficient (Wildman–Crippen LogP) is 1.28. The van der Waals surface area contributed by atoms with E-state index in [9.17, 15) is 0 Å². The normalized spacial score (nSPS) is 16.6. The van der Waals surface area contributed by atoms with Gasteiger partial charge in [-0.1, -0.05) is 6.42 Å². The lowest BCUT2D eigenvalue weighted by Crippen LogP contribution is -2.18. The Hall–Kier alpha value is -1.32. The van der Waals surface area contributed by atoms with Crippen LogP contribution in [0.5, 0.6) is 0 Å². The van der Waals surface area contributed by atoms with E-state index in [1.165, 1.54) is 19.3 Å². The second kappa shape index (κ2) is 3.44. The van der Waals surface area contributed by atoms with Crippen molar-refractivity contribution in [2.24, 2.45) is 11.7 Å². The first kappa shape index (κ1) is 9.24.